The molecule has 5 rings (SSSR count). The average molecular weight is 592 g/mol. The first-order chi connectivity index (χ1) is 21.1. The minimum atomic E-state index is -0.688. The number of ketones is 1. The molecule has 0 unspecified atom stereocenters. The molecule has 0 radical (unpaired) electrons. The first kappa shape index (κ1) is 30.2. The molecule has 1 aliphatic rings. The summed E-state index contributed by atoms with van der Waals surface area (Å²) in [5.74, 6) is -0.803. The Balaban J connectivity index is 1.10. The molecule has 0 aliphatic carbocycles. The Morgan fingerprint density at radius 1 is 0.750 bits per heavy atom. The van der Waals surface area contributed by atoms with E-state index in [4.69, 9.17) is 14.2 Å². The molecular weight excluding hydrogens is 558 g/mol. The van der Waals surface area contributed by atoms with E-state index in [9.17, 15) is 19.2 Å². The lowest BCUT2D eigenvalue weighted by molar-refractivity contribution is -0.147. The number of anilines is 1. The van der Waals surface area contributed by atoms with E-state index in [1.807, 2.05) is 24.3 Å². The van der Waals surface area contributed by atoms with Crippen LogP contribution < -0.4 is 14.4 Å². The quantitative estimate of drug-likeness (QED) is 0.120. The van der Waals surface area contributed by atoms with Crippen LogP contribution in [0.3, 0.4) is 0 Å². The largest absolute Gasteiger partial charge is 0.457 e. The minimum Gasteiger partial charge on any atom is -0.457 e. The Kier molecular flexibility index (Phi) is 8.90. The molecule has 0 aromatic heterocycles. The molecule has 44 heavy (non-hydrogen) atoms. The molecule has 1 atom stereocenters. The zero-order valence-corrected chi connectivity index (χ0v) is 24.8. The second-order valence-corrected chi connectivity index (χ2v) is 11.6. The monoisotopic (exact) mass is 591 g/mol. The molecule has 8 heteroatoms. The maximum absolute atomic E-state index is 12.7. The molecule has 0 spiro atoms. The van der Waals surface area contributed by atoms with E-state index in [1.54, 1.807) is 54.6 Å². The minimum absolute atomic E-state index is 0.00706. The second-order valence-electron chi connectivity index (χ2n) is 11.6. The molecule has 8 nitrogen and oxygen atoms in total. The van der Waals surface area contributed by atoms with Crippen molar-refractivity contribution < 1.29 is 33.4 Å². The Morgan fingerprint density at radius 2 is 1.34 bits per heavy atom. The van der Waals surface area contributed by atoms with Gasteiger partial charge in [0, 0.05) is 24.2 Å². The third-order valence-electron chi connectivity index (χ3n) is 7.30. The molecule has 0 saturated carbocycles. The lowest BCUT2D eigenvalue weighted by Gasteiger charge is -2.19. The number of ether oxygens (including phenoxy) is 3. The normalized spacial score (nSPS) is 14.7. The molecule has 0 N–H and O–H groups in total. The molecular formula is C36H33NO7. The van der Waals surface area contributed by atoms with Crippen LogP contribution in [0, 0.1) is 5.92 Å². The highest BCUT2D eigenvalue weighted by atomic mass is 16.5. The average Bonchev–Trinajstić information content (AvgIpc) is 3.42. The molecule has 4 aromatic rings. The van der Waals surface area contributed by atoms with E-state index in [0.29, 0.717) is 28.3 Å². The van der Waals surface area contributed by atoms with Crippen molar-refractivity contribution in [3.63, 3.8) is 0 Å². The van der Waals surface area contributed by atoms with Gasteiger partial charge in [-0.2, -0.15) is 0 Å². The Bertz CT molecular complexity index is 1640. The van der Waals surface area contributed by atoms with Gasteiger partial charge >= 0.3 is 11.9 Å². The third kappa shape index (κ3) is 7.39. The molecule has 1 fully saturated rings. The van der Waals surface area contributed by atoms with Gasteiger partial charge < -0.3 is 19.1 Å². The molecule has 1 amide bonds. The SMILES string of the molecule is CC(C)(C)c1ccc(Oc2ccc(N3C[C@@H](C(=O)OCC(=O)c4ccc(OC(=O)c5ccccc5)cc4)CC3=O)cc2)cc1. The fourth-order valence-corrected chi connectivity index (χ4v) is 4.76. The smallest absolute Gasteiger partial charge is 0.343 e. The van der Waals surface area contributed by atoms with Gasteiger partial charge in [0.05, 0.1) is 11.5 Å². The Labute approximate surface area is 256 Å². The first-order valence-electron chi connectivity index (χ1n) is 14.3. The number of Topliss-reactive ketones (excluding diaryl/α,β-unsaturated/α-hetero) is 1. The number of hydrogen-bond acceptors (Lipinski definition) is 7. The Morgan fingerprint density at radius 3 is 1.95 bits per heavy atom. The number of carbonyl (C=O) groups is 4. The van der Waals surface area contributed by atoms with Crippen LogP contribution in [-0.2, 0) is 19.7 Å². The van der Waals surface area contributed by atoms with Crippen LogP contribution in [-0.4, -0.2) is 36.8 Å². The summed E-state index contributed by atoms with van der Waals surface area (Å²) in [6.07, 6.45) is -0.00706. The summed E-state index contributed by atoms with van der Waals surface area (Å²) in [6, 6.07) is 29.6. The summed E-state index contributed by atoms with van der Waals surface area (Å²) in [4.78, 5) is 51.8. The summed E-state index contributed by atoms with van der Waals surface area (Å²) >= 11 is 0. The summed E-state index contributed by atoms with van der Waals surface area (Å²) in [7, 11) is 0. The molecule has 4 aromatic carbocycles. The summed E-state index contributed by atoms with van der Waals surface area (Å²) in [5.41, 5.74) is 2.62. The van der Waals surface area contributed by atoms with Crippen molar-refractivity contribution in [1.29, 1.82) is 0 Å². The maximum atomic E-state index is 12.7. The number of benzene rings is 4. The number of amides is 1. The number of hydrogen-bond donors (Lipinski definition) is 0. The highest BCUT2D eigenvalue weighted by molar-refractivity contribution is 6.01. The number of esters is 2. The van der Waals surface area contributed by atoms with E-state index < -0.39 is 30.2 Å². The van der Waals surface area contributed by atoms with Gasteiger partial charge in [-0.3, -0.25) is 14.4 Å². The van der Waals surface area contributed by atoms with E-state index in [-0.39, 0.29) is 30.0 Å². The molecule has 1 heterocycles. The van der Waals surface area contributed by atoms with Crippen LogP contribution >= 0.6 is 0 Å². The predicted octanol–water partition coefficient (Wildman–Crippen LogP) is 6.77. The molecule has 1 saturated heterocycles. The lowest BCUT2D eigenvalue weighted by atomic mass is 9.87. The van der Waals surface area contributed by atoms with E-state index in [0.717, 1.165) is 0 Å². The van der Waals surface area contributed by atoms with Crippen LogP contribution in [0.25, 0.3) is 0 Å². The van der Waals surface area contributed by atoms with Crippen molar-refractivity contribution in [2.75, 3.05) is 18.1 Å². The van der Waals surface area contributed by atoms with Crippen molar-refractivity contribution in [3.8, 4) is 17.2 Å². The molecule has 1 aliphatic heterocycles. The number of rotatable bonds is 9. The van der Waals surface area contributed by atoms with Crippen LogP contribution in [0.1, 0.15) is 53.5 Å². The van der Waals surface area contributed by atoms with Gasteiger partial charge in [0.2, 0.25) is 5.91 Å². The number of carbonyl (C=O) groups excluding carboxylic acids is 4. The molecule has 0 bridgehead atoms. The van der Waals surface area contributed by atoms with Gasteiger partial charge in [0.1, 0.15) is 17.2 Å². The standard InChI is InChI=1S/C36H33NO7/c1-36(2,3)27-11-17-29(18-12-27)43-30-19-13-28(14-20-30)37-22-26(21-33(37)39)34(40)42-23-32(38)24-9-15-31(16-10-24)44-35(41)25-7-5-4-6-8-25/h4-20,26H,21-23H2,1-3H3/t26-/m0/s1. The highest BCUT2D eigenvalue weighted by Crippen LogP contribution is 2.30. The lowest BCUT2D eigenvalue weighted by Crippen LogP contribution is -2.27. The second kappa shape index (κ2) is 13.0. The summed E-state index contributed by atoms with van der Waals surface area (Å²) in [6.45, 7) is 6.15. The Hall–Kier alpha value is -5.24. The fourth-order valence-electron chi connectivity index (χ4n) is 4.76. The van der Waals surface area contributed by atoms with E-state index in [1.165, 1.54) is 34.7 Å². The van der Waals surface area contributed by atoms with E-state index in [2.05, 4.69) is 20.8 Å². The van der Waals surface area contributed by atoms with Crippen molar-refractivity contribution in [2.24, 2.45) is 5.92 Å². The highest BCUT2D eigenvalue weighted by Gasteiger charge is 2.36. The van der Waals surface area contributed by atoms with Gasteiger partial charge in [-0.25, -0.2) is 4.79 Å². The van der Waals surface area contributed by atoms with Crippen molar-refractivity contribution in [1.82, 2.24) is 0 Å². The van der Waals surface area contributed by atoms with Gasteiger partial charge in [-0.05, 0) is 83.8 Å². The summed E-state index contributed by atoms with van der Waals surface area (Å²) in [5, 5.41) is 0. The topological polar surface area (TPSA) is 99.2 Å². The van der Waals surface area contributed by atoms with Gasteiger partial charge in [-0.15, -0.1) is 0 Å². The van der Waals surface area contributed by atoms with E-state index >= 15 is 0 Å². The van der Waals surface area contributed by atoms with Gasteiger partial charge in [-0.1, -0.05) is 51.1 Å². The zero-order chi connectivity index (χ0) is 31.3. The van der Waals surface area contributed by atoms with Crippen LogP contribution in [0.5, 0.6) is 17.2 Å². The summed E-state index contributed by atoms with van der Waals surface area (Å²) < 4.78 is 16.5. The van der Waals surface area contributed by atoms with Crippen LogP contribution in [0.4, 0.5) is 5.69 Å². The van der Waals surface area contributed by atoms with Crippen LogP contribution in [0.2, 0.25) is 0 Å². The van der Waals surface area contributed by atoms with Gasteiger partial charge in [0.25, 0.3) is 0 Å². The predicted molar refractivity (Wildman–Crippen MR) is 165 cm³/mol. The van der Waals surface area contributed by atoms with Crippen molar-refractivity contribution in [3.05, 3.63) is 120 Å². The molecule has 224 valence electrons. The third-order valence-corrected chi connectivity index (χ3v) is 7.30. The van der Waals surface area contributed by atoms with Crippen molar-refractivity contribution in [2.45, 2.75) is 32.6 Å². The van der Waals surface area contributed by atoms with Crippen LogP contribution in [0.15, 0.2) is 103 Å². The number of nitrogens with zero attached hydrogens (tertiary/aromatic N) is 1. The zero-order valence-electron chi connectivity index (χ0n) is 24.8. The van der Waals surface area contributed by atoms with Crippen molar-refractivity contribution >= 4 is 29.3 Å². The van der Waals surface area contributed by atoms with Gasteiger partial charge in [0.15, 0.2) is 12.4 Å². The maximum Gasteiger partial charge on any atom is 0.343 e. The first-order valence-corrected chi connectivity index (χ1v) is 14.3. The fraction of sp³-hybridized carbons (Fsp3) is 0.222.